The summed E-state index contributed by atoms with van der Waals surface area (Å²) < 4.78 is 0. The maximum Gasteiger partial charge on any atom is 0.228 e. The zero-order valence-corrected chi connectivity index (χ0v) is 10.4. The molecule has 1 amide bonds. The molecular formula is C12H20N4O. The summed E-state index contributed by atoms with van der Waals surface area (Å²) in [5.74, 6) is 0.0818. The van der Waals surface area contributed by atoms with Crippen LogP contribution in [-0.4, -0.2) is 43.0 Å². The zero-order chi connectivity index (χ0) is 12.7. The largest absolute Gasteiger partial charge is 0.397 e. The van der Waals surface area contributed by atoms with Crippen molar-refractivity contribution in [1.82, 2.24) is 15.2 Å². The molecule has 94 valence electrons. The molecule has 0 bridgehead atoms. The van der Waals surface area contributed by atoms with Gasteiger partial charge in [-0.3, -0.25) is 9.78 Å². The highest BCUT2D eigenvalue weighted by Crippen LogP contribution is 2.03. The molecule has 17 heavy (non-hydrogen) atoms. The second-order valence-electron chi connectivity index (χ2n) is 4.03. The number of hydrogen-bond donors (Lipinski definition) is 2. The molecule has 0 aliphatic rings. The molecule has 0 spiro atoms. The number of likely N-dealkylation sites (N-methyl/N-ethyl adjacent to an activating group) is 1. The molecule has 0 atom stereocenters. The van der Waals surface area contributed by atoms with Crippen LogP contribution in [0.4, 0.5) is 5.69 Å². The average molecular weight is 236 g/mol. The van der Waals surface area contributed by atoms with E-state index in [1.54, 1.807) is 23.2 Å². The van der Waals surface area contributed by atoms with E-state index in [0.29, 0.717) is 12.1 Å². The van der Waals surface area contributed by atoms with Gasteiger partial charge >= 0.3 is 0 Å². The summed E-state index contributed by atoms with van der Waals surface area (Å²) in [5, 5.41) is 3.05. The third-order valence-corrected chi connectivity index (χ3v) is 2.53. The fourth-order valence-electron chi connectivity index (χ4n) is 1.45. The van der Waals surface area contributed by atoms with Gasteiger partial charge in [0.25, 0.3) is 0 Å². The number of pyridine rings is 1. The van der Waals surface area contributed by atoms with E-state index in [2.05, 4.69) is 10.3 Å². The first-order valence-electron chi connectivity index (χ1n) is 5.72. The van der Waals surface area contributed by atoms with Crippen LogP contribution in [0.2, 0.25) is 0 Å². The van der Waals surface area contributed by atoms with Gasteiger partial charge in [0.05, 0.1) is 18.3 Å². The van der Waals surface area contributed by atoms with Gasteiger partial charge in [0.2, 0.25) is 5.91 Å². The van der Waals surface area contributed by atoms with Crippen molar-refractivity contribution in [2.75, 3.05) is 32.9 Å². The molecule has 0 aliphatic heterocycles. The van der Waals surface area contributed by atoms with Crippen molar-refractivity contribution in [3.05, 3.63) is 24.0 Å². The van der Waals surface area contributed by atoms with E-state index in [9.17, 15) is 4.79 Å². The lowest BCUT2D eigenvalue weighted by Crippen LogP contribution is -2.30. The van der Waals surface area contributed by atoms with Crippen LogP contribution in [0, 0.1) is 0 Å². The number of rotatable bonds is 6. The molecule has 0 aromatic carbocycles. The lowest BCUT2D eigenvalue weighted by atomic mass is 10.2. The minimum absolute atomic E-state index is 0.0818. The minimum Gasteiger partial charge on any atom is -0.397 e. The van der Waals surface area contributed by atoms with Crippen molar-refractivity contribution < 1.29 is 4.79 Å². The zero-order valence-electron chi connectivity index (χ0n) is 10.4. The lowest BCUT2D eigenvalue weighted by Gasteiger charge is -2.16. The number of nitrogens with two attached hydrogens (primary N) is 1. The van der Waals surface area contributed by atoms with Gasteiger partial charge in [0.15, 0.2) is 0 Å². The van der Waals surface area contributed by atoms with Gasteiger partial charge in [0.1, 0.15) is 0 Å². The third-order valence-electron chi connectivity index (χ3n) is 2.53. The molecular weight excluding hydrogens is 216 g/mol. The second-order valence-corrected chi connectivity index (χ2v) is 4.03. The number of anilines is 1. The topological polar surface area (TPSA) is 71.2 Å². The normalized spacial score (nSPS) is 10.2. The Morgan fingerprint density at radius 2 is 2.29 bits per heavy atom. The fourth-order valence-corrected chi connectivity index (χ4v) is 1.45. The Morgan fingerprint density at radius 1 is 1.53 bits per heavy atom. The van der Waals surface area contributed by atoms with Gasteiger partial charge in [-0.05, 0) is 32.1 Å². The van der Waals surface area contributed by atoms with Crippen molar-refractivity contribution in [1.29, 1.82) is 0 Å². The van der Waals surface area contributed by atoms with Crippen molar-refractivity contribution >= 4 is 11.6 Å². The summed E-state index contributed by atoms with van der Waals surface area (Å²) in [6.07, 6.45) is 2.86. The predicted octanol–water partition coefficient (Wildman–Crippen LogP) is 0.274. The Hall–Kier alpha value is -1.62. The van der Waals surface area contributed by atoms with Crippen molar-refractivity contribution in [2.45, 2.75) is 12.8 Å². The first-order valence-corrected chi connectivity index (χ1v) is 5.72. The lowest BCUT2D eigenvalue weighted by molar-refractivity contribution is -0.129. The van der Waals surface area contributed by atoms with Crippen LogP contribution >= 0.6 is 0 Å². The van der Waals surface area contributed by atoms with Crippen molar-refractivity contribution in [3.8, 4) is 0 Å². The SMILES string of the molecule is CNCCCN(C)C(=O)Cc1ccc(N)cn1. The van der Waals surface area contributed by atoms with E-state index in [1.807, 2.05) is 14.1 Å². The van der Waals surface area contributed by atoms with Gasteiger partial charge in [0, 0.05) is 19.3 Å². The Morgan fingerprint density at radius 3 is 2.88 bits per heavy atom. The monoisotopic (exact) mass is 236 g/mol. The molecule has 0 fully saturated rings. The summed E-state index contributed by atoms with van der Waals surface area (Å²) >= 11 is 0. The molecule has 1 aromatic rings. The van der Waals surface area contributed by atoms with Gasteiger partial charge in [-0.25, -0.2) is 0 Å². The highest BCUT2D eigenvalue weighted by atomic mass is 16.2. The standard InChI is InChI=1S/C12H20N4O/c1-14-6-3-7-16(2)12(17)8-11-5-4-10(13)9-15-11/h4-5,9,14H,3,6-8,13H2,1-2H3. The number of hydrogen-bond acceptors (Lipinski definition) is 4. The van der Waals surface area contributed by atoms with Crippen molar-refractivity contribution in [3.63, 3.8) is 0 Å². The highest BCUT2D eigenvalue weighted by molar-refractivity contribution is 5.78. The predicted molar refractivity (Wildman–Crippen MR) is 68.5 cm³/mol. The van der Waals surface area contributed by atoms with E-state index >= 15 is 0 Å². The van der Waals surface area contributed by atoms with Crippen LogP contribution in [0.15, 0.2) is 18.3 Å². The van der Waals surface area contributed by atoms with E-state index < -0.39 is 0 Å². The summed E-state index contributed by atoms with van der Waals surface area (Å²) in [6, 6.07) is 3.55. The number of nitrogen functional groups attached to an aromatic ring is 1. The Kier molecular flexibility index (Phi) is 5.42. The average Bonchev–Trinajstić information content (AvgIpc) is 2.32. The van der Waals surface area contributed by atoms with E-state index in [1.165, 1.54) is 0 Å². The quantitative estimate of drug-likeness (QED) is 0.696. The Bertz CT molecular complexity index is 350. The van der Waals surface area contributed by atoms with E-state index in [-0.39, 0.29) is 5.91 Å². The molecule has 1 aromatic heterocycles. The van der Waals surface area contributed by atoms with Crippen LogP contribution in [0.5, 0.6) is 0 Å². The smallest absolute Gasteiger partial charge is 0.228 e. The number of nitrogens with one attached hydrogen (secondary N) is 1. The molecule has 5 nitrogen and oxygen atoms in total. The molecule has 0 saturated heterocycles. The van der Waals surface area contributed by atoms with Crippen LogP contribution in [0.1, 0.15) is 12.1 Å². The molecule has 5 heteroatoms. The summed E-state index contributed by atoms with van der Waals surface area (Å²) in [7, 11) is 3.72. The minimum atomic E-state index is 0.0818. The number of carbonyl (C=O) groups excluding carboxylic acids is 1. The molecule has 1 rings (SSSR count). The van der Waals surface area contributed by atoms with Gasteiger partial charge in [-0.1, -0.05) is 0 Å². The third kappa shape index (κ3) is 4.82. The molecule has 3 N–H and O–H groups in total. The van der Waals surface area contributed by atoms with Crippen molar-refractivity contribution in [2.24, 2.45) is 0 Å². The molecule has 0 aliphatic carbocycles. The second kappa shape index (κ2) is 6.85. The van der Waals surface area contributed by atoms with Gasteiger partial charge in [-0.2, -0.15) is 0 Å². The Labute approximate surface area is 102 Å². The van der Waals surface area contributed by atoms with Crippen LogP contribution in [0.3, 0.4) is 0 Å². The number of carbonyl (C=O) groups is 1. The van der Waals surface area contributed by atoms with E-state index in [4.69, 9.17) is 5.73 Å². The summed E-state index contributed by atoms with van der Waals surface area (Å²) in [4.78, 5) is 17.7. The Balaban J connectivity index is 2.40. The summed E-state index contributed by atoms with van der Waals surface area (Å²) in [5.41, 5.74) is 6.90. The molecule has 0 saturated carbocycles. The number of amides is 1. The fraction of sp³-hybridized carbons (Fsp3) is 0.500. The molecule has 1 heterocycles. The first-order chi connectivity index (χ1) is 8.13. The number of nitrogens with zero attached hydrogens (tertiary/aromatic N) is 2. The highest BCUT2D eigenvalue weighted by Gasteiger charge is 2.09. The maximum atomic E-state index is 11.8. The van der Waals surface area contributed by atoms with E-state index in [0.717, 1.165) is 25.2 Å². The van der Waals surface area contributed by atoms with Gasteiger partial charge in [-0.15, -0.1) is 0 Å². The van der Waals surface area contributed by atoms with Crippen LogP contribution in [0.25, 0.3) is 0 Å². The first kappa shape index (κ1) is 13.4. The van der Waals surface area contributed by atoms with Gasteiger partial charge < -0.3 is 16.0 Å². The molecule has 0 unspecified atom stereocenters. The van der Waals surface area contributed by atoms with Crippen LogP contribution < -0.4 is 11.1 Å². The molecule has 0 radical (unpaired) electrons. The summed E-state index contributed by atoms with van der Waals surface area (Å²) in [6.45, 7) is 1.67. The van der Waals surface area contributed by atoms with Crippen LogP contribution in [-0.2, 0) is 11.2 Å². The number of aromatic nitrogens is 1. The maximum absolute atomic E-state index is 11.8.